The number of rotatable bonds is 4. The lowest BCUT2D eigenvalue weighted by molar-refractivity contribution is 0.254. The Bertz CT molecular complexity index is 402. The van der Waals surface area contributed by atoms with Crippen LogP contribution in [0.25, 0.3) is 0 Å². The number of piperazine rings is 1. The molecule has 0 radical (unpaired) electrons. The average Bonchev–Trinajstić information content (AvgIpc) is 2.45. The highest BCUT2D eigenvalue weighted by Crippen LogP contribution is 2.25. The van der Waals surface area contributed by atoms with Gasteiger partial charge in [-0.2, -0.15) is 0 Å². The van der Waals surface area contributed by atoms with Crippen LogP contribution in [0, 0.1) is 5.41 Å². The first-order valence-electron chi connectivity index (χ1n) is 8.08. The molecular weight excluding hydrogens is 244 g/mol. The third kappa shape index (κ3) is 3.99. The van der Waals surface area contributed by atoms with Gasteiger partial charge >= 0.3 is 0 Å². The van der Waals surface area contributed by atoms with Crippen LogP contribution >= 0.6 is 0 Å². The SMILES string of the molecule is CCCCc1ccc(N2CCNC(C(C)(C)C)C2)cc1. The van der Waals surface area contributed by atoms with E-state index in [4.69, 9.17) is 0 Å². The molecule has 1 heterocycles. The van der Waals surface area contributed by atoms with E-state index in [0.717, 1.165) is 19.6 Å². The summed E-state index contributed by atoms with van der Waals surface area (Å²) in [5.41, 5.74) is 3.17. The van der Waals surface area contributed by atoms with Gasteiger partial charge in [0.2, 0.25) is 0 Å². The summed E-state index contributed by atoms with van der Waals surface area (Å²) in [4.78, 5) is 2.52. The summed E-state index contributed by atoms with van der Waals surface area (Å²) < 4.78 is 0. The quantitative estimate of drug-likeness (QED) is 0.897. The molecule has 0 saturated carbocycles. The van der Waals surface area contributed by atoms with Crippen LogP contribution in [0.5, 0.6) is 0 Å². The predicted molar refractivity (Wildman–Crippen MR) is 88.5 cm³/mol. The monoisotopic (exact) mass is 274 g/mol. The smallest absolute Gasteiger partial charge is 0.0367 e. The second-order valence-corrected chi connectivity index (χ2v) is 7.09. The minimum absolute atomic E-state index is 0.319. The summed E-state index contributed by atoms with van der Waals surface area (Å²) in [5, 5.41) is 3.66. The van der Waals surface area contributed by atoms with Gasteiger partial charge in [-0.25, -0.2) is 0 Å². The molecule has 0 aliphatic carbocycles. The highest BCUT2D eigenvalue weighted by atomic mass is 15.2. The van der Waals surface area contributed by atoms with Crippen molar-refractivity contribution in [2.24, 2.45) is 5.41 Å². The van der Waals surface area contributed by atoms with Crippen LogP contribution in [0.3, 0.4) is 0 Å². The molecule has 1 aromatic carbocycles. The second-order valence-electron chi connectivity index (χ2n) is 7.09. The zero-order valence-electron chi connectivity index (χ0n) is 13.6. The average molecular weight is 274 g/mol. The van der Waals surface area contributed by atoms with Gasteiger partial charge in [0.1, 0.15) is 0 Å². The van der Waals surface area contributed by atoms with Gasteiger partial charge in [-0.05, 0) is 36.0 Å². The van der Waals surface area contributed by atoms with Crippen molar-refractivity contribution in [1.82, 2.24) is 5.32 Å². The summed E-state index contributed by atoms with van der Waals surface area (Å²) in [6.07, 6.45) is 3.77. The normalized spacial score (nSPS) is 20.2. The standard InChI is InChI=1S/C18H30N2/c1-5-6-7-15-8-10-16(11-9-15)20-13-12-19-17(14-20)18(2,3)4/h8-11,17,19H,5-7,12-14H2,1-4H3. The second kappa shape index (κ2) is 6.62. The highest BCUT2D eigenvalue weighted by molar-refractivity contribution is 5.48. The Morgan fingerprint density at radius 1 is 1.20 bits per heavy atom. The van der Waals surface area contributed by atoms with Crippen molar-refractivity contribution in [3.8, 4) is 0 Å². The molecule has 1 atom stereocenters. The number of aryl methyl sites for hydroxylation is 1. The highest BCUT2D eigenvalue weighted by Gasteiger charge is 2.29. The van der Waals surface area contributed by atoms with Gasteiger partial charge in [0.15, 0.2) is 0 Å². The van der Waals surface area contributed by atoms with Crippen molar-refractivity contribution < 1.29 is 0 Å². The maximum absolute atomic E-state index is 3.66. The molecule has 0 bridgehead atoms. The number of nitrogens with one attached hydrogen (secondary N) is 1. The third-order valence-corrected chi connectivity index (χ3v) is 4.34. The van der Waals surface area contributed by atoms with Crippen molar-refractivity contribution >= 4 is 5.69 Å². The molecule has 2 heteroatoms. The Labute approximate surface area is 124 Å². The Hall–Kier alpha value is -1.02. The first-order chi connectivity index (χ1) is 9.50. The van der Waals surface area contributed by atoms with Gasteiger partial charge in [-0.3, -0.25) is 0 Å². The molecular formula is C18H30N2. The van der Waals surface area contributed by atoms with Crippen LogP contribution in [0.4, 0.5) is 5.69 Å². The Kier molecular flexibility index (Phi) is 5.09. The molecule has 112 valence electrons. The molecule has 1 unspecified atom stereocenters. The van der Waals surface area contributed by atoms with E-state index in [1.54, 1.807) is 0 Å². The molecule has 20 heavy (non-hydrogen) atoms. The predicted octanol–water partition coefficient (Wildman–Crippen LogP) is 3.85. The lowest BCUT2D eigenvalue weighted by Crippen LogP contribution is -2.56. The number of hydrogen-bond acceptors (Lipinski definition) is 2. The zero-order chi connectivity index (χ0) is 14.6. The van der Waals surface area contributed by atoms with Crippen LogP contribution in [-0.2, 0) is 6.42 Å². The number of hydrogen-bond donors (Lipinski definition) is 1. The van der Waals surface area contributed by atoms with Crippen molar-refractivity contribution in [2.45, 2.75) is 53.0 Å². The fourth-order valence-corrected chi connectivity index (χ4v) is 2.82. The van der Waals surface area contributed by atoms with E-state index < -0.39 is 0 Å². The van der Waals surface area contributed by atoms with Crippen LogP contribution in [0.2, 0.25) is 0 Å². The molecule has 1 fully saturated rings. The molecule has 1 aromatic rings. The van der Waals surface area contributed by atoms with E-state index in [2.05, 4.69) is 62.2 Å². The van der Waals surface area contributed by atoms with E-state index in [9.17, 15) is 0 Å². The summed E-state index contributed by atoms with van der Waals surface area (Å²) in [7, 11) is 0. The van der Waals surface area contributed by atoms with Crippen LogP contribution < -0.4 is 10.2 Å². The number of unbranched alkanes of at least 4 members (excludes halogenated alkanes) is 1. The lowest BCUT2D eigenvalue weighted by Gasteiger charge is -2.41. The van der Waals surface area contributed by atoms with E-state index in [0.29, 0.717) is 11.5 Å². The fraction of sp³-hybridized carbons (Fsp3) is 0.667. The zero-order valence-corrected chi connectivity index (χ0v) is 13.6. The first kappa shape index (κ1) is 15.4. The van der Waals surface area contributed by atoms with Crippen LogP contribution in [0.15, 0.2) is 24.3 Å². The van der Waals surface area contributed by atoms with Crippen molar-refractivity contribution in [1.29, 1.82) is 0 Å². The topological polar surface area (TPSA) is 15.3 Å². The van der Waals surface area contributed by atoms with E-state index in [-0.39, 0.29) is 0 Å². The third-order valence-electron chi connectivity index (χ3n) is 4.34. The molecule has 1 N–H and O–H groups in total. The van der Waals surface area contributed by atoms with Crippen molar-refractivity contribution in [2.75, 3.05) is 24.5 Å². The summed E-state index contributed by atoms with van der Waals surface area (Å²) in [6.45, 7) is 12.5. The maximum Gasteiger partial charge on any atom is 0.0367 e. The van der Waals surface area contributed by atoms with Crippen LogP contribution in [0.1, 0.15) is 46.1 Å². The Balaban J connectivity index is 2.00. The molecule has 0 aromatic heterocycles. The molecule has 1 saturated heterocycles. The number of anilines is 1. The van der Waals surface area contributed by atoms with Gasteiger partial charge in [0.25, 0.3) is 0 Å². The maximum atomic E-state index is 3.66. The largest absolute Gasteiger partial charge is 0.369 e. The van der Waals surface area contributed by atoms with Gasteiger partial charge in [0.05, 0.1) is 0 Å². The summed E-state index contributed by atoms with van der Waals surface area (Å²) >= 11 is 0. The Morgan fingerprint density at radius 2 is 1.90 bits per heavy atom. The van der Waals surface area contributed by atoms with Gasteiger partial charge in [0, 0.05) is 31.4 Å². The van der Waals surface area contributed by atoms with Crippen molar-refractivity contribution in [3.63, 3.8) is 0 Å². The van der Waals surface area contributed by atoms with Gasteiger partial charge in [-0.15, -0.1) is 0 Å². The van der Waals surface area contributed by atoms with E-state index in [1.165, 1.54) is 30.5 Å². The summed E-state index contributed by atoms with van der Waals surface area (Å²) in [5.74, 6) is 0. The Morgan fingerprint density at radius 3 is 2.50 bits per heavy atom. The van der Waals surface area contributed by atoms with Crippen molar-refractivity contribution in [3.05, 3.63) is 29.8 Å². The number of benzene rings is 1. The minimum Gasteiger partial charge on any atom is -0.369 e. The fourth-order valence-electron chi connectivity index (χ4n) is 2.82. The molecule has 0 amide bonds. The molecule has 0 spiro atoms. The molecule has 2 rings (SSSR count). The summed E-state index contributed by atoms with van der Waals surface area (Å²) in [6, 6.07) is 9.78. The first-order valence-corrected chi connectivity index (χ1v) is 8.08. The number of nitrogens with zero attached hydrogens (tertiary/aromatic N) is 1. The molecule has 1 aliphatic heterocycles. The van der Waals surface area contributed by atoms with Gasteiger partial charge in [-0.1, -0.05) is 46.2 Å². The van der Waals surface area contributed by atoms with Gasteiger partial charge < -0.3 is 10.2 Å². The van der Waals surface area contributed by atoms with E-state index >= 15 is 0 Å². The molecule has 1 aliphatic rings. The molecule has 2 nitrogen and oxygen atoms in total. The lowest BCUT2D eigenvalue weighted by atomic mass is 9.85. The minimum atomic E-state index is 0.319. The van der Waals surface area contributed by atoms with Crippen LogP contribution in [-0.4, -0.2) is 25.7 Å². The van der Waals surface area contributed by atoms with E-state index in [1.807, 2.05) is 0 Å².